The Morgan fingerprint density at radius 2 is 1.77 bits per heavy atom. The zero-order valence-electron chi connectivity index (χ0n) is 14.4. The summed E-state index contributed by atoms with van der Waals surface area (Å²) in [5, 5.41) is 0. The molecule has 2 aromatic rings. The van der Waals surface area contributed by atoms with Crippen LogP contribution in [0.2, 0.25) is 0 Å². The minimum absolute atomic E-state index is 0.204. The van der Waals surface area contributed by atoms with Gasteiger partial charge in [-0.15, -0.1) is 0 Å². The highest BCUT2D eigenvalue weighted by atomic mass is 79.9. The van der Waals surface area contributed by atoms with Crippen LogP contribution in [0, 0.1) is 0 Å². The summed E-state index contributed by atoms with van der Waals surface area (Å²) in [5.41, 5.74) is 1.61. The van der Waals surface area contributed by atoms with E-state index < -0.39 is 5.97 Å². The lowest BCUT2D eigenvalue weighted by Gasteiger charge is -2.07. The van der Waals surface area contributed by atoms with Gasteiger partial charge in [-0.1, -0.05) is 6.07 Å². The maximum atomic E-state index is 12.2. The lowest BCUT2D eigenvalue weighted by molar-refractivity contribution is -0.129. The van der Waals surface area contributed by atoms with Crippen molar-refractivity contribution in [2.45, 2.75) is 0 Å². The zero-order chi connectivity index (χ0) is 18.7. The number of halogens is 1. The standard InChI is InChI=1S/C19H16BrNO5/c1-23-12-5-6-13(14(20)10-12)18-21-15(19(22)26-18)8-11-4-7-16(24-2)17(9-11)25-3/h4-10H,1-3H3. The lowest BCUT2D eigenvalue weighted by Crippen LogP contribution is -2.06. The van der Waals surface area contributed by atoms with Gasteiger partial charge in [-0.25, -0.2) is 9.79 Å². The molecular formula is C19H16BrNO5. The van der Waals surface area contributed by atoms with Crippen LogP contribution >= 0.6 is 15.9 Å². The Bertz CT molecular complexity index is 920. The fourth-order valence-electron chi connectivity index (χ4n) is 2.42. The van der Waals surface area contributed by atoms with Crippen molar-refractivity contribution in [3.8, 4) is 17.2 Å². The molecule has 0 amide bonds. The molecule has 26 heavy (non-hydrogen) atoms. The number of ether oxygens (including phenoxy) is 4. The van der Waals surface area contributed by atoms with E-state index in [2.05, 4.69) is 20.9 Å². The zero-order valence-corrected chi connectivity index (χ0v) is 16.0. The van der Waals surface area contributed by atoms with Gasteiger partial charge in [0.05, 0.1) is 26.9 Å². The fourth-order valence-corrected chi connectivity index (χ4v) is 2.95. The summed E-state index contributed by atoms with van der Waals surface area (Å²) in [7, 11) is 4.70. The molecule has 3 rings (SSSR count). The number of methoxy groups -OCH3 is 3. The fraction of sp³-hybridized carbons (Fsp3) is 0.158. The molecule has 134 valence electrons. The molecule has 1 aliphatic rings. The van der Waals surface area contributed by atoms with Crippen molar-refractivity contribution < 1.29 is 23.7 Å². The molecule has 0 fully saturated rings. The van der Waals surface area contributed by atoms with E-state index in [0.29, 0.717) is 22.8 Å². The third kappa shape index (κ3) is 3.57. The Morgan fingerprint density at radius 3 is 2.42 bits per heavy atom. The van der Waals surface area contributed by atoms with Crippen LogP contribution in [-0.2, 0) is 9.53 Å². The molecule has 0 radical (unpaired) electrons. The molecule has 7 heteroatoms. The highest BCUT2D eigenvalue weighted by Gasteiger charge is 2.25. The topological polar surface area (TPSA) is 66.3 Å². The Morgan fingerprint density at radius 1 is 1.00 bits per heavy atom. The molecule has 2 aromatic carbocycles. The van der Waals surface area contributed by atoms with E-state index in [0.717, 1.165) is 10.0 Å². The number of nitrogens with zero attached hydrogens (tertiary/aromatic N) is 1. The Balaban J connectivity index is 1.94. The first-order valence-electron chi connectivity index (χ1n) is 7.64. The normalized spacial score (nSPS) is 14.8. The van der Waals surface area contributed by atoms with Gasteiger partial charge in [-0.3, -0.25) is 0 Å². The van der Waals surface area contributed by atoms with E-state index >= 15 is 0 Å². The summed E-state index contributed by atoms with van der Waals surface area (Å²) in [4.78, 5) is 16.5. The molecule has 0 aliphatic carbocycles. The monoisotopic (exact) mass is 417 g/mol. The number of cyclic esters (lactones) is 1. The van der Waals surface area contributed by atoms with Crippen molar-refractivity contribution in [2.75, 3.05) is 21.3 Å². The van der Waals surface area contributed by atoms with Gasteiger partial charge < -0.3 is 18.9 Å². The molecule has 1 aliphatic heterocycles. The summed E-state index contributed by atoms with van der Waals surface area (Å²) in [6, 6.07) is 10.6. The number of aliphatic imine (C=N–C) groups is 1. The van der Waals surface area contributed by atoms with Crippen LogP contribution in [0.25, 0.3) is 6.08 Å². The van der Waals surface area contributed by atoms with Gasteiger partial charge in [-0.2, -0.15) is 0 Å². The Labute approximate surface area is 159 Å². The number of benzene rings is 2. The van der Waals surface area contributed by atoms with Crippen LogP contribution in [0.4, 0.5) is 0 Å². The average Bonchev–Trinajstić information content (AvgIpc) is 3.01. The van der Waals surface area contributed by atoms with Crippen LogP contribution in [0.15, 0.2) is 51.6 Å². The van der Waals surface area contributed by atoms with Gasteiger partial charge in [0.15, 0.2) is 17.2 Å². The lowest BCUT2D eigenvalue weighted by atomic mass is 10.1. The second-order valence-corrected chi connectivity index (χ2v) is 6.15. The highest BCUT2D eigenvalue weighted by Crippen LogP contribution is 2.30. The van der Waals surface area contributed by atoms with Crippen molar-refractivity contribution >= 4 is 33.9 Å². The van der Waals surface area contributed by atoms with Gasteiger partial charge in [0.1, 0.15) is 5.75 Å². The molecule has 6 nitrogen and oxygen atoms in total. The smallest absolute Gasteiger partial charge is 0.363 e. The third-order valence-electron chi connectivity index (χ3n) is 3.74. The Hall–Kier alpha value is -2.80. The molecular weight excluding hydrogens is 402 g/mol. The molecule has 0 saturated carbocycles. The van der Waals surface area contributed by atoms with Crippen LogP contribution in [0.5, 0.6) is 17.2 Å². The minimum atomic E-state index is -0.516. The van der Waals surface area contributed by atoms with E-state index in [1.165, 1.54) is 0 Å². The quantitative estimate of drug-likeness (QED) is 0.546. The summed E-state index contributed by atoms with van der Waals surface area (Å²) < 4.78 is 21.7. The molecule has 0 bridgehead atoms. The number of rotatable bonds is 5. The first-order valence-corrected chi connectivity index (χ1v) is 8.43. The van der Waals surface area contributed by atoms with Gasteiger partial charge in [-0.05, 0) is 57.9 Å². The molecule has 0 atom stereocenters. The summed E-state index contributed by atoms with van der Waals surface area (Å²) in [5.74, 6) is 1.57. The van der Waals surface area contributed by atoms with Crippen LogP contribution in [-0.4, -0.2) is 33.2 Å². The molecule has 0 spiro atoms. The van der Waals surface area contributed by atoms with Crippen molar-refractivity contribution in [3.05, 3.63) is 57.7 Å². The average molecular weight is 418 g/mol. The predicted octanol–water partition coefficient (Wildman–Crippen LogP) is 3.82. The first kappa shape index (κ1) is 18.0. The molecule has 1 heterocycles. The molecule has 0 unspecified atom stereocenters. The van der Waals surface area contributed by atoms with Gasteiger partial charge in [0, 0.05) is 4.47 Å². The molecule has 0 N–H and O–H groups in total. The van der Waals surface area contributed by atoms with Gasteiger partial charge in [0.25, 0.3) is 0 Å². The number of hydrogen-bond donors (Lipinski definition) is 0. The second kappa shape index (κ2) is 7.61. The van der Waals surface area contributed by atoms with Crippen LogP contribution < -0.4 is 14.2 Å². The first-order chi connectivity index (χ1) is 12.5. The largest absolute Gasteiger partial charge is 0.497 e. The maximum Gasteiger partial charge on any atom is 0.363 e. The van der Waals surface area contributed by atoms with Crippen LogP contribution in [0.1, 0.15) is 11.1 Å². The van der Waals surface area contributed by atoms with E-state index in [1.807, 2.05) is 0 Å². The van der Waals surface area contributed by atoms with Crippen molar-refractivity contribution in [2.24, 2.45) is 4.99 Å². The summed E-state index contributed by atoms with van der Waals surface area (Å²) in [6.07, 6.45) is 1.63. The van der Waals surface area contributed by atoms with Crippen molar-refractivity contribution in [3.63, 3.8) is 0 Å². The van der Waals surface area contributed by atoms with E-state index in [-0.39, 0.29) is 11.6 Å². The van der Waals surface area contributed by atoms with Crippen LogP contribution in [0.3, 0.4) is 0 Å². The highest BCUT2D eigenvalue weighted by molar-refractivity contribution is 9.10. The molecule has 0 aromatic heterocycles. The molecule has 0 saturated heterocycles. The van der Waals surface area contributed by atoms with E-state index in [9.17, 15) is 4.79 Å². The predicted molar refractivity (Wildman–Crippen MR) is 101 cm³/mol. The second-order valence-electron chi connectivity index (χ2n) is 5.30. The number of esters is 1. The van der Waals surface area contributed by atoms with Crippen molar-refractivity contribution in [1.29, 1.82) is 0 Å². The maximum absolute atomic E-state index is 12.2. The number of carbonyl (C=O) groups excluding carboxylic acids is 1. The van der Waals surface area contributed by atoms with Gasteiger partial charge >= 0.3 is 5.97 Å². The van der Waals surface area contributed by atoms with E-state index in [4.69, 9.17) is 18.9 Å². The Kier molecular flexibility index (Phi) is 5.27. The number of carbonyl (C=O) groups is 1. The van der Waals surface area contributed by atoms with Gasteiger partial charge in [0.2, 0.25) is 5.90 Å². The summed E-state index contributed by atoms with van der Waals surface area (Å²) >= 11 is 3.44. The third-order valence-corrected chi connectivity index (χ3v) is 4.39. The van der Waals surface area contributed by atoms with E-state index in [1.54, 1.807) is 63.8 Å². The SMILES string of the molecule is COc1ccc(C2=NC(=Cc3ccc(OC)c(OC)c3)C(=O)O2)c(Br)c1. The summed E-state index contributed by atoms with van der Waals surface area (Å²) in [6.45, 7) is 0. The van der Waals surface area contributed by atoms with Crippen molar-refractivity contribution in [1.82, 2.24) is 0 Å². The number of hydrogen-bond acceptors (Lipinski definition) is 6. The minimum Gasteiger partial charge on any atom is -0.497 e.